The Morgan fingerprint density at radius 1 is 1.60 bits per heavy atom. The Morgan fingerprint density at radius 3 is 2.96 bits per heavy atom. The molecule has 2 saturated heterocycles. The Balaban J connectivity index is 0.00000225. The predicted molar refractivity (Wildman–Crippen MR) is 89.1 cm³/mol. The van der Waals surface area contributed by atoms with Crippen LogP contribution in [0, 0.1) is 6.54 Å². The number of carbonyl (C=O) groups is 3. The van der Waals surface area contributed by atoms with Gasteiger partial charge in [-0.25, -0.2) is 16.3 Å². The topological polar surface area (TPSA) is 101 Å². The van der Waals surface area contributed by atoms with Crippen LogP contribution >= 0.6 is 23.1 Å². The van der Waals surface area contributed by atoms with Crippen molar-refractivity contribution >= 4 is 41.0 Å². The van der Waals surface area contributed by atoms with Gasteiger partial charge in [-0.2, -0.15) is 11.8 Å². The number of thioether (sulfide) groups is 1. The van der Waals surface area contributed by atoms with E-state index in [1.807, 2.05) is 11.9 Å². The number of nitrogens with one attached hydrogen (secondary N) is 2. The third kappa shape index (κ3) is 5.15. The van der Waals surface area contributed by atoms with Crippen molar-refractivity contribution in [3.05, 3.63) is 23.1 Å². The summed E-state index contributed by atoms with van der Waals surface area (Å²) in [5, 5.41) is 7.03. The first-order valence-electron chi connectivity index (χ1n) is 7.40. The van der Waals surface area contributed by atoms with E-state index in [4.69, 9.17) is 4.74 Å². The molecule has 0 aromatic carbocycles. The minimum absolute atomic E-state index is 0. The van der Waals surface area contributed by atoms with Gasteiger partial charge in [0.1, 0.15) is 18.2 Å². The van der Waals surface area contributed by atoms with Crippen LogP contribution < -0.4 is 10.6 Å². The smallest absolute Gasteiger partial charge is 0.408 e. The van der Waals surface area contributed by atoms with Crippen molar-refractivity contribution in [3.63, 3.8) is 0 Å². The summed E-state index contributed by atoms with van der Waals surface area (Å²) in [5.74, 6) is 0.724. The van der Waals surface area contributed by atoms with Gasteiger partial charge in [0.15, 0.2) is 0 Å². The number of amides is 3. The number of aromatic nitrogens is 1. The zero-order valence-corrected chi connectivity index (χ0v) is 18.0. The van der Waals surface area contributed by atoms with Gasteiger partial charge in [-0.1, -0.05) is 0 Å². The third-order valence-corrected chi connectivity index (χ3v) is 5.24. The molecule has 3 unspecified atom stereocenters. The van der Waals surface area contributed by atoms with Crippen LogP contribution in [0.25, 0.3) is 0 Å². The molecule has 25 heavy (non-hydrogen) atoms. The van der Waals surface area contributed by atoms with E-state index in [-0.39, 0.29) is 38.6 Å². The summed E-state index contributed by atoms with van der Waals surface area (Å²) < 4.78 is 4.92. The van der Waals surface area contributed by atoms with Gasteiger partial charge in [0.05, 0.1) is 11.2 Å². The number of carbonyl (C=O) groups excluding carboxylic acids is 3. The Bertz CT molecular complexity index is 624. The number of cyclic esters (lactones) is 1. The minimum atomic E-state index is -0.805. The van der Waals surface area contributed by atoms with Crippen molar-refractivity contribution in [2.24, 2.45) is 0 Å². The van der Waals surface area contributed by atoms with Crippen LogP contribution in [-0.2, 0) is 53.5 Å². The second-order valence-corrected chi connectivity index (χ2v) is 7.19. The number of thiazole rings is 1. The number of alkyl carbamates (subject to hydrolysis) is 1. The first-order valence-corrected chi connectivity index (χ1v) is 9.50. The molecule has 3 heterocycles. The summed E-state index contributed by atoms with van der Waals surface area (Å²) in [6.45, 7) is 3.45. The molecule has 2 aliphatic heterocycles. The summed E-state index contributed by atoms with van der Waals surface area (Å²) in [5.41, 5.74) is 2.43. The average Bonchev–Trinajstić information content (AvgIpc) is 3.27. The molecular weight excluding hydrogens is 441 g/mol. The third-order valence-electron chi connectivity index (χ3n) is 3.76. The van der Waals surface area contributed by atoms with Crippen molar-refractivity contribution in [3.8, 4) is 0 Å². The van der Waals surface area contributed by atoms with Gasteiger partial charge in [0.25, 0.3) is 0 Å². The number of rotatable bonds is 5. The predicted octanol–water partition coefficient (Wildman–Crippen LogP) is 0.359. The molecule has 11 heteroatoms. The number of hydrogen-bond donors (Lipinski definition) is 2. The molecular formula is C14H17N4O4S2Y-. The van der Waals surface area contributed by atoms with E-state index in [0.717, 1.165) is 11.4 Å². The summed E-state index contributed by atoms with van der Waals surface area (Å²) >= 11 is 3.06. The molecule has 8 nitrogen and oxygen atoms in total. The maximum atomic E-state index is 12.7. The van der Waals surface area contributed by atoms with Crippen LogP contribution in [-0.4, -0.2) is 57.6 Å². The summed E-state index contributed by atoms with van der Waals surface area (Å²) in [6, 6.07) is -1.54. The maximum Gasteiger partial charge on any atom is 0.408 e. The van der Waals surface area contributed by atoms with Crippen LogP contribution in [0.2, 0.25) is 0 Å². The minimum Gasteiger partial charge on any atom is -0.482 e. The summed E-state index contributed by atoms with van der Waals surface area (Å²) in [6.07, 6.45) is -0.908. The van der Waals surface area contributed by atoms with Crippen molar-refractivity contribution in [1.82, 2.24) is 20.5 Å². The molecule has 0 bridgehead atoms. The molecule has 1 aromatic heterocycles. The monoisotopic (exact) mass is 458 g/mol. The van der Waals surface area contributed by atoms with Crippen molar-refractivity contribution in [1.29, 1.82) is 0 Å². The van der Waals surface area contributed by atoms with Crippen LogP contribution in [0.5, 0.6) is 0 Å². The van der Waals surface area contributed by atoms with Gasteiger partial charge in [0, 0.05) is 50.4 Å². The van der Waals surface area contributed by atoms with Gasteiger partial charge in [-0.05, 0) is 6.92 Å². The molecule has 2 N–H and O–H groups in total. The van der Waals surface area contributed by atoms with E-state index < -0.39 is 30.2 Å². The second kappa shape index (κ2) is 9.29. The van der Waals surface area contributed by atoms with Gasteiger partial charge < -0.3 is 20.3 Å². The molecule has 0 aliphatic carbocycles. The van der Waals surface area contributed by atoms with Crippen molar-refractivity contribution in [2.45, 2.75) is 31.5 Å². The van der Waals surface area contributed by atoms with Crippen LogP contribution in [0.3, 0.4) is 0 Å². The van der Waals surface area contributed by atoms with Gasteiger partial charge in [-0.15, -0.1) is 17.1 Å². The zero-order valence-electron chi connectivity index (χ0n) is 13.5. The quantitative estimate of drug-likeness (QED) is 0.619. The van der Waals surface area contributed by atoms with Crippen LogP contribution in [0.1, 0.15) is 12.6 Å². The Morgan fingerprint density at radius 2 is 2.40 bits per heavy atom. The molecule has 133 valence electrons. The Labute approximate surface area is 178 Å². The molecule has 2 fully saturated rings. The first kappa shape index (κ1) is 20.6. The Kier molecular flexibility index (Phi) is 7.66. The fraction of sp³-hybridized carbons (Fsp3) is 0.500. The SMILES string of the molecule is CC1OC(=O)NC1C(=O)NC(Cc1cscn1)C(=O)N1[CH-]CSC1.[Y]. The average molecular weight is 458 g/mol. The first-order chi connectivity index (χ1) is 11.5. The van der Waals surface area contributed by atoms with Crippen LogP contribution in [0.4, 0.5) is 4.79 Å². The molecule has 0 saturated carbocycles. The van der Waals surface area contributed by atoms with E-state index >= 15 is 0 Å². The number of nitrogens with zero attached hydrogens (tertiary/aromatic N) is 2. The van der Waals surface area contributed by atoms with E-state index in [2.05, 4.69) is 15.6 Å². The standard InChI is InChI=1S/C14H17N4O4S2.Y/c1-8-11(17-14(21)22-8)12(19)16-10(4-9-5-24-6-15-9)13(20)18-2-3-23-7-18;/h2,5-6,8,10-11H,3-4,7H2,1H3,(H,16,19)(H,17,21);/q-1;. The van der Waals surface area contributed by atoms with Crippen molar-refractivity contribution < 1.29 is 51.8 Å². The maximum absolute atomic E-state index is 12.7. The normalized spacial score (nSPS) is 23.4. The van der Waals surface area contributed by atoms with Gasteiger partial charge >= 0.3 is 6.09 Å². The van der Waals surface area contributed by atoms with E-state index in [1.54, 1.807) is 29.1 Å². The molecule has 0 spiro atoms. The molecule has 1 aromatic rings. The molecule has 1 radical (unpaired) electrons. The van der Waals surface area contributed by atoms with Crippen LogP contribution in [0.15, 0.2) is 10.9 Å². The molecule has 3 atom stereocenters. The second-order valence-electron chi connectivity index (χ2n) is 5.47. The number of ether oxygens (including phenoxy) is 1. The van der Waals surface area contributed by atoms with Gasteiger partial charge in [0.2, 0.25) is 11.8 Å². The number of hydrogen-bond acceptors (Lipinski definition) is 7. The largest absolute Gasteiger partial charge is 0.482 e. The molecule has 2 aliphatic rings. The van der Waals surface area contributed by atoms with Crippen molar-refractivity contribution in [2.75, 3.05) is 11.6 Å². The molecule has 3 amide bonds. The van der Waals surface area contributed by atoms with E-state index in [9.17, 15) is 14.4 Å². The Hall–Kier alpha value is -0.706. The molecule has 3 rings (SSSR count). The van der Waals surface area contributed by atoms with E-state index in [1.165, 1.54) is 11.3 Å². The summed E-state index contributed by atoms with van der Waals surface area (Å²) in [4.78, 5) is 42.2. The summed E-state index contributed by atoms with van der Waals surface area (Å²) in [7, 11) is 0. The fourth-order valence-electron chi connectivity index (χ4n) is 2.50. The van der Waals surface area contributed by atoms with E-state index in [0.29, 0.717) is 12.3 Å². The fourth-order valence-corrected chi connectivity index (χ4v) is 3.89. The zero-order chi connectivity index (χ0) is 17.1. The van der Waals surface area contributed by atoms with Gasteiger partial charge in [-0.3, -0.25) is 9.59 Å².